The number of aromatic nitrogens is 1. The van der Waals surface area contributed by atoms with E-state index in [0.29, 0.717) is 5.56 Å². The van der Waals surface area contributed by atoms with E-state index in [2.05, 4.69) is 71.1 Å². The molecule has 5 rings (SSSR count). The first-order valence-corrected chi connectivity index (χ1v) is 10.1. The molecule has 0 saturated heterocycles. The zero-order valence-electron chi connectivity index (χ0n) is 17.1. The van der Waals surface area contributed by atoms with E-state index in [9.17, 15) is 5.26 Å². The molecule has 2 heterocycles. The number of ether oxygens (including phenoxy) is 1. The Bertz CT molecular complexity index is 1390. The molecule has 3 aromatic carbocycles. The van der Waals surface area contributed by atoms with Crippen LogP contribution in [-0.4, -0.2) is 11.5 Å². The van der Waals surface area contributed by atoms with Crippen LogP contribution in [0.1, 0.15) is 5.56 Å². The molecule has 0 bridgehead atoms. The fraction of sp³-hybridized carbons (Fsp3) is 0.0357. The predicted octanol–water partition coefficient (Wildman–Crippen LogP) is 6.82. The largest absolute Gasteiger partial charge is 0.497 e. The lowest BCUT2D eigenvalue weighted by atomic mass is 9.93. The number of nitrogens with zero attached hydrogens (tertiary/aromatic N) is 2. The Hall–Kier alpha value is -4.29. The van der Waals surface area contributed by atoms with Crippen LogP contribution in [0.4, 0.5) is 0 Å². The van der Waals surface area contributed by atoms with Crippen LogP contribution < -0.4 is 4.74 Å². The van der Waals surface area contributed by atoms with E-state index in [1.807, 2.05) is 42.6 Å². The molecule has 0 N–H and O–H groups in total. The van der Waals surface area contributed by atoms with Gasteiger partial charge < -0.3 is 9.14 Å². The molecule has 0 aliphatic rings. The van der Waals surface area contributed by atoms with Gasteiger partial charge in [-0.2, -0.15) is 5.26 Å². The number of hydrogen-bond donors (Lipinski definition) is 0. The highest BCUT2D eigenvalue weighted by Gasteiger charge is 2.22. The zero-order valence-corrected chi connectivity index (χ0v) is 17.1. The maximum absolute atomic E-state index is 9.56. The standard InChI is InChI=1S/C28H20N2O/c1-31-24-14-12-22(13-15-24)26-25-18-20(19-29)16-17-30(25)28(23-10-6-3-7-11-23)27(26)21-8-4-2-5-9-21/h2-18H,1H3. The predicted molar refractivity (Wildman–Crippen MR) is 125 cm³/mol. The monoisotopic (exact) mass is 400 g/mol. The summed E-state index contributed by atoms with van der Waals surface area (Å²) in [5.74, 6) is 0.814. The summed E-state index contributed by atoms with van der Waals surface area (Å²) >= 11 is 0. The van der Waals surface area contributed by atoms with Gasteiger partial charge in [-0.1, -0.05) is 72.8 Å². The number of methoxy groups -OCH3 is 1. The Morgan fingerprint density at radius 2 is 1.32 bits per heavy atom. The Balaban J connectivity index is 1.94. The molecule has 0 spiro atoms. The highest BCUT2D eigenvalue weighted by atomic mass is 16.5. The number of fused-ring (bicyclic) bond motifs is 1. The lowest BCUT2D eigenvalue weighted by molar-refractivity contribution is 0.415. The van der Waals surface area contributed by atoms with Gasteiger partial charge in [0.25, 0.3) is 0 Å². The summed E-state index contributed by atoms with van der Waals surface area (Å²) in [6.07, 6.45) is 2.00. The molecule has 3 nitrogen and oxygen atoms in total. The molecule has 0 atom stereocenters. The Kier molecular flexibility index (Phi) is 4.74. The molecule has 0 unspecified atom stereocenters. The maximum Gasteiger partial charge on any atom is 0.118 e. The first-order valence-electron chi connectivity index (χ1n) is 10.1. The van der Waals surface area contributed by atoms with Crippen molar-refractivity contribution in [3.63, 3.8) is 0 Å². The minimum Gasteiger partial charge on any atom is -0.497 e. The van der Waals surface area contributed by atoms with E-state index in [0.717, 1.165) is 44.8 Å². The van der Waals surface area contributed by atoms with Crippen LogP contribution in [0.5, 0.6) is 5.75 Å². The summed E-state index contributed by atoms with van der Waals surface area (Å²) in [4.78, 5) is 0. The van der Waals surface area contributed by atoms with Crippen LogP contribution in [0.2, 0.25) is 0 Å². The third-order valence-corrected chi connectivity index (χ3v) is 5.56. The van der Waals surface area contributed by atoms with Crippen molar-refractivity contribution in [1.29, 1.82) is 5.26 Å². The van der Waals surface area contributed by atoms with Crippen molar-refractivity contribution >= 4 is 5.52 Å². The van der Waals surface area contributed by atoms with Gasteiger partial charge >= 0.3 is 0 Å². The number of rotatable bonds is 4. The second-order valence-electron chi connectivity index (χ2n) is 7.34. The minimum absolute atomic E-state index is 0.638. The van der Waals surface area contributed by atoms with Crippen molar-refractivity contribution in [3.8, 4) is 45.3 Å². The summed E-state index contributed by atoms with van der Waals surface area (Å²) in [5, 5.41) is 9.56. The lowest BCUT2D eigenvalue weighted by Gasteiger charge is -2.10. The van der Waals surface area contributed by atoms with Gasteiger partial charge in [0.15, 0.2) is 0 Å². The van der Waals surface area contributed by atoms with E-state index >= 15 is 0 Å². The van der Waals surface area contributed by atoms with Gasteiger partial charge in [-0.05, 0) is 41.0 Å². The van der Waals surface area contributed by atoms with Gasteiger partial charge in [-0.3, -0.25) is 0 Å². The molecule has 3 heteroatoms. The van der Waals surface area contributed by atoms with Crippen LogP contribution in [0.3, 0.4) is 0 Å². The molecular formula is C28H20N2O. The van der Waals surface area contributed by atoms with Crippen LogP contribution in [0.25, 0.3) is 39.0 Å². The molecule has 0 radical (unpaired) electrons. The van der Waals surface area contributed by atoms with Gasteiger partial charge in [0.05, 0.1) is 30.0 Å². The molecule has 31 heavy (non-hydrogen) atoms. The lowest BCUT2D eigenvalue weighted by Crippen LogP contribution is -1.90. The first-order chi connectivity index (χ1) is 15.3. The summed E-state index contributed by atoms with van der Waals surface area (Å²) < 4.78 is 7.56. The summed E-state index contributed by atoms with van der Waals surface area (Å²) in [6, 6.07) is 35.1. The summed E-state index contributed by atoms with van der Waals surface area (Å²) in [6.45, 7) is 0. The quantitative estimate of drug-likeness (QED) is 0.332. The zero-order chi connectivity index (χ0) is 21.2. The molecule has 0 saturated carbocycles. The number of hydrogen-bond acceptors (Lipinski definition) is 2. The van der Waals surface area contributed by atoms with Crippen molar-refractivity contribution in [2.45, 2.75) is 0 Å². The van der Waals surface area contributed by atoms with Gasteiger partial charge in [-0.25, -0.2) is 0 Å². The van der Waals surface area contributed by atoms with Crippen molar-refractivity contribution in [2.75, 3.05) is 7.11 Å². The smallest absolute Gasteiger partial charge is 0.118 e. The van der Waals surface area contributed by atoms with Gasteiger partial charge in [0.2, 0.25) is 0 Å². The molecule has 0 aliphatic carbocycles. The SMILES string of the molecule is COc1ccc(-c2c(-c3ccccc3)c(-c3ccccc3)n3ccc(C#N)cc23)cc1. The van der Waals surface area contributed by atoms with Gasteiger partial charge in [0, 0.05) is 17.3 Å². The van der Waals surface area contributed by atoms with E-state index in [1.165, 1.54) is 0 Å². The van der Waals surface area contributed by atoms with E-state index in [-0.39, 0.29) is 0 Å². The topological polar surface area (TPSA) is 37.4 Å². The normalized spacial score (nSPS) is 10.7. The molecule has 5 aromatic rings. The number of benzene rings is 3. The molecule has 148 valence electrons. The molecule has 0 amide bonds. The Morgan fingerprint density at radius 3 is 1.94 bits per heavy atom. The maximum atomic E-state index is 9.56. The number of nitriles is 1. The molecule has 0 aliphatic heterocycles. The fourth-order valence-corrected chi connectivity index (χ4v) is 4.14. The Morgan fingerprint density at radius 1 is 0.710 bits per heavy atom. The first kappa shape index (κ1) is 18.7. The molecule has 2 aromatic heterocycles. The van der Waals surface area contributed by atoms with E-state index in [4.69, 9.17) is 4.74 Å². The second-order valence-corrected chi connectivity index (χ2v) is 7.34. The van der Waals surface area contributed by atoms with Crippen LogP contribution in [-0.2, 0) is 0 Å². The van der Waals surface area contributed by atoms with Crippen LogP contribution in [0.15, 0.2) is 103 Å². The van der Waals surface area contributed by atoms with Crippen molar-refractivity contribution in [2.24, 2.45) is 0 Å². The molecule has 0 fully saturated rings. The van der Waals surface area contributed by atoms with Gasteiger partial charge in [-0.15, -0.1) is 0 Å². The number of pyridine rings is 1. The third kappa shape index (κ3) is 3.25. The van der Waals surface area contributed by atoms with Crippen molar-refractivity contribution in [1.82, 2.24) is 4.40 Å². The second kappa shape index (κ2) is 7.85. The highest BCUT2D eigenvalue weighted by Crippen LogP contribution is 2.45. The highest BCUT2D eigenvalue weighted by molar-refractivity contribution is 6.03. The van der Waals surface area contributed by atoms with Gasteiger partial charge in [0.1, 0.15) is 5.75 Å². The summed E-state index contributed by atoms with van der Waals surface area (Å²) in [5.41, 5.74) is 8.33. The fourth-order valence-electron chi connectivity index (χ4n) is 4.14. The average Bonchev–Trinajstić information content (AvgIpc) is 3.19. The molecular weight excluding hydrogens is 380 g/mol. The summed E-state index contributed by atoms with van der Waals surface area (Å²) in [7, 11) is 1.67. The average molecular weight is 400 g/mol. The van der Waals surface area contributed by atoms with Crippen molar-refractivity contribution in [3.05, 3.63) is 109 Å². The van der Waals surface area contributed by atoms with Crippen molar-refractivity contribution < 1.29 is 4.74 Å². The van der Waals surface area contributed by atoms with E-state index < -0.39 is 0 Å². The third-order valence-electron chi connectivity index (χ3n) is 5.56. The minimum atomic E-state index is 0.638. The Labute approximate surface area is 181 Å². The van der Waals surface area contributed by atoms with Crippen LogP contribution >= 0.6 is 0 Å². The van der Waals surface area contributed by atoms with E-state index in [1.54, 1.807) is 7.11 Å². The van der Waals surface area contributed by atoms with Crippen LogP contribution in [0, 0.1) is 11.3 Å².